The smallest absolute Gasteiger partial charge is 0.169 e. The van der Waals surface area contributed by atoms with E-state index in [2.05, 4.69) is 73.3 Å². The highest BCUT2D eigenvalue weighted by atomic mass is 14.9. The van der Waals surface area contributed by atoms with Crippen LogP contribution in [0.15, 0.2) is 54.9 Å². The van der Waals surface area contributed by atoms with Gasteiger partial charge in [-0.25, -0.2) is 4.57 Å². The molecule has 0 N–H and O–H groups in total. The van der Waals surface area contributed by atoms with Crippen LogP contribution in [0.5, 0.6) is 0 Å². The van der Waals surface area contributed by atoms with E-state index in [-0.39, 0.29) is 0 Å². The van der Waals surface area contributed by atoms with Gasteiger partial charge in [-0.05, 0) is 24.0 Å². The minimum Gasteiger partial charge on any atom is -0.205 e. The Kier molecular flexibility index (Phi) is 6.46. The Bertz CT molecular complexity index is 501. The molecule has 1 aromatic carbocycles. The average molecular weight is 282 g/mol. The van der Waals surface area contributed by atoms with Crippen molar-refractivity contribution < 1.29 is 4.57 Å². The highest BCUT2D eigenvalue weighted by Gasteiger charge is 2.13. The molecular formula is C20H28N+. The number of hydrogen-bond acceptors (Lipinski definition) is 0. The maximum absolute atomic E-state index is 2.32. The molecule has 1 unspecified atom stereocenters. The summed E-state index contributed by atoms with van der Waals surface area (Å²) in [6.07, 6.45) is 10.9. The van der Waals surface area contributed by atoms with Crippen molar-refractivity contribution in [1.82, 2.24) is 0 Å². The maximum atomic E-state index is 2.32. The van der Waals surface area contributed by atoms with Gasteiger partial charge in [-0.3, -0.25) is 0 Å². The molecule has 0 saturated heterocycles. The molecule has 0 fully saturated rings. The van der Waals surface area contributed by atoms with Crippen LogP contribution in [-0.2, 0) is 6.54 Å². The number of unbranched alkanes of at least 4 members (excludes halogenated alkanes) is 3. The van der Waals surface area contributed by atoms with Crippen molar-refractivity contribution >= 4 is 0 Å². The predicted octanol–water partition coefficient (Wildman–Crippen LogP) is 5.10. The largest absolute Gasteiger partial charge is 0.205 e. The zero-order chi connectivity index (χ0) is 14.9. The lowest BCUT2D eigenvalue weighted by Gasteiger charge is -2.15. The molecule has 0 aliphatic carbocycles. The van der Waals surface area contributed by atoms with E-state index in [0.717, 1.165) is 13.0 Å². The van der Waals surface area contributed by atoms with Crippen LogP contribution in [0.3, 0.4) is 0 Å². The summed E-state index contributed by atoms with van der Waals surface area (Å²) in [5.41, 5.74) is 2.84. The van der Waals surface area contributed by atoms with E-state index in [4.69, 9.17) is 0 Å². The van der Waals surface area contributed by atoms with Gasteiger partial charge in [0.1, 0.15) is 6.54 Å². The second kappa shape index (κ2) is 8.61. The minimum absolute atomic E-state index is 0.515. The Morgan fingerprint density at radius 3 is 2.10 bits per heavy atom. The van der Waals surface area contributed by atoms with Gasteiger partial charge in [-0.1, -0.05) is 57.0 Å². The fourth-order valence-corrected chi connectivity index (χ4v) is 2.92. The highest BCUT2D eigenvalue weighted by Crippen LogP contribution is 2.26. The summed E-state index contributed by atoms with van der Waals surface area (Å²) in [6.45, 7) is 5.67. The molecule has 1 heteroatoms. The topological polar surface area (TPSA) is 3.88 Å². The zero-order valence-electron chi connectivity index (χ0n) is 13.5. The zero-order valence-corrected chi connectivity index (χ0v) is 13.5. The van der Waals surface area contributed by atoms with Gasteiger partial charge in [0.2, 0.25) is 0 Å². The fourth-order valence-electron chi connectivity index (χ4n) is 2.92. The van der Waals surface area contributed by atoms with E-state index >= 15 is 0 Å². The summed E-state index contributed by atoms with van der Waals surface area (Å²) in [5, 5.41) is 0. The molecule has 0 spiro atoms. The molecule has 1 aromatic heterocycles. The standard InChI is InChI=1S/C20H28N/c1-3-5-6-10-15-21-16-13-19(14-17-21)20(4-2)18-11-8-7-9-12-18/h7-9,11-14,16-17,20H,3-6,10,15H2,1-2H3/q+1. The second-order valence-corrected chi connectivity index (χ2v) is 5.80. The molecule has 21 heavy (non-hydrogen) atoms. The first kappa shape index (κ1) is 15.8. The van der Waals surface area contributed by atoms with Gasteiger partial charge in [0.05, 0.1) is 0 Å². The van der Waals surface area contributed by atoms with Gasteiger partial charge in [0, 0.05) is 24.5 Å². The Balaban J connectivity index is 2.00. The number of pyridine rings is 1. The molecular weight excluding hydrogens is 254 g/mol. The number of rotatable bonds is 8. The van der Waals surface area contributed by atoms with Crippen molar-refractivity contribution in [1.29, 1.82) is 0 Å². The lowest BCUT2D eigenvalue weighted by Crippen LogP contribution is -2.32. The third-order valence-corrected chi connectivity index (χ3v) is 4.20. The summed E-state index contributed by atoms with van der Waals surface area (Å²) in [6, 6.07) is 15.4. The third kappa shape index (κ3) is 4.70. The number of nitrogens with zero attached hydrogens (tertiary/aromatic N) is 1. The molecule has 2 aromatic rings. The summed E-state index contributed by atoms with van der Waals surface area (Å²) >= 11 is 0. The summed E-state index contributed by atoms with van der Waals surface area (Å²) in [4.78, 5) is 0. The molecule has 0 amide bonds. The van der Waals surface area contributed by atoms with Crippen molar-refractivity contribution in [3.8, 4) is 0 Å². The van der Waals surface area contributed by atoms with Crippen LogP contribution < -0.4 is 4.57 Å². The number of hydrogen-bond donors (Lipinski definition) is 0. The van der Waals surface area contributed by atoms with Gasteiger partial charge in [-0.2, -0.15) is 0 Å². The molecule has 1 heterocycles. The normalized spacial score (nSPS) is 12.3. The fraction of sp³-hybridized carbons (Fsp3) is 0.450. The second-order valence-electron chi connectivity index (χ2n) is 5.80. The monoisotopic (exact) mass is 282 g/mol. The van der Waals surface area contributed by atoms with E-state index in [1.54, 1.807) is 0 Å². The van der Waals surface area contributed by atoms with Crippen LogP contribution in [0.4, 0.5) is 0 Å². The SMILES string of the molecule is CCCCCC[n+]1ccc(C(CC)c2ccccc2)cc1. The van der Waals surface area contributed by atoms with E-state index in [1.165, 1.54) is 36.8 Å². The molecule has 1 atom stereocenters. The van der Waals surface area contributed by atoms with Gasteiger partial charge >= 0.3 is 0 Å². The highest BCUT2D eigenvalue weighted by molar-refractivity contribution is 5.30. The number of benzene rings is 1. The Morgan fingerprint density at radius 2 is 1.48 bits per heavy atom. The molecule has 2 rings (SSSR count). The van der Waals surface area contributed by atoms with E-state index in [0.29, 0.717) is 5.92 Å². The van der Waals surface area contributed by atoms with Crippen LogP contribution in [0, 0.1) is 0 Å². The quantitative estimate of drug-likeness (QED) is 0.468. The molecule has 0 bridgehead atoms. The Labute approximate surface area is 129 Å². The van der Waals surface area contributed by atoms with Crippen molar-refractivity contribution in [2.45, 2.75) is 58.4 Å². The van der Waals surface area contributed by atoms with Gasteiger partial charge < -0.3 is 0 Å². The van der Waals surface area contributed by atoms with Crippen molar-refractivity contribution in [3.63, 3.8) is 0 Å². The molecule has 0 aliphatic rings. The third-order valence-electron chi connectivity index (χ3n) is 4.20. The predicted molar refractivity (Wildman–Crippen MR) is 89.4 cm³/mol. The first-order valence-electron chi connectivity index (χ1n) is 8.39. The van der Waals surface area contributed by atoms with Crippen molar-refractivity contribution in [3.05, 3.63) is 66.0 Å². The lowest BCUT2D eigenvalue weighted by molar-refractivity contribution is -0.697. The molecule has 1 nitrogen and oxygen atoms in total. The Morgan fingerprint density at radius 1 is 0.810 bits per heavy atom. The van der Waals surface area contributed by atoms with E-state index < -0.39 is 0 Å². The van der Waals surface area contributed by atoms with Gasteiger partial charge in [-0.15, -0.1) is 0 Å². The number of aromatic nitrogens is 1. The molecule has 112 valence electrons. The van der Waals surface area contributed by atoms with Crippen LogP contribution in [-0.4, -0.2) is 0 Å². The van der Waals surface area contributed by atoms with Crippen molar-refractivity contribution in [2.24, 2.45) is 0 Å². The minimum atomic E-state index is 0.515. The summed E-state index contributed by atoms with van der Waals surface area (Å²) < 4.78 is 2.32. The first-order chi connectivity index (χ1) is 10.3. The van der Waals surface area contributed by atoms with Crippen LogP contribution in [0.25, 0.3) is 0 Å². The van der Waals surface area contributed by atoms with Gasteiger partial charge in [0.15, 0.2) is 12.4 Å². The molecule has 0 aliphatic heterocycles. The average Bonchev–Trinajstić information content (AvgIpc) is 2.55. The summed E-state index contributed by atoms with van der Waals surface area (Å²) in [7, 11) is 0. The van der Waals surface area contributed by atoms with Crippen LogP contribution >= 0.6 is 0 Å². The number of aryl methyl sites for hydroxylation is 1. The van der Waals surface area contributed by atoms with Crippen LogP contribution in [0.1, 0.15) is 63.0 Å². The maximum Gasteiger partial charge on any atom is 0.169 e. The lowest BCUT2D eigenvalue weighted by atomic mass is 9.90. The van der Waals surface area contributed by atoms with Crippen molar-refractivity contribution in [2.75, 3.05) is 0 Å². The molecule has 0 radical (unpaired) electrons. The molecule has 0 saturated carbocycles. The van der Waals surface area contributed by atoms with E-state index in [9.17, 15) is 0 Å². The van der Waals surface area contributed by atoms with Gasteiger partial charge in [0.25, 0.3) is 0 Å². The first-order valence-corrected chi connectivity index (χ1v) is 8.39. The van der Waals surface area contributed by atoms with Crippen LogP contribution in [0.2, 0.25) is 0 Å². The Hall–Kier alpha value is -1.63. The van der Waals surface area contributed by atoms with E-state index in [1.807, 2.05) is 0 Å². The summed E-state index contributed by atoms with van der Waals surface area (Å²) in [5.74, 6) is 0.515.